The SMILES string of the molecule is CC(C)(C)c1ccc2c(c1)N(CC(=O)Nc1ccc3nc(NS(C)(=O)=O)sc3c1)C(=O)CO2. The molecule has 4 rings (SSSR count). The maximum absolute atomic E-state index is 12.8. The van der Waals surface area contributed by atoms with E-state index in [0.29, 0.717) is 27.3 Å². The predicted octanol–water partition coefficient (Wildman–Crippen LogP) is 3.33. The maximum Gasteiger partial charge on any atom is 0.265 e. The first-order chi connectivity index (χ1) is 15.4. The van der Waals surface area contributed by atoms with Crippen LogP contribution in [0.25, 0.3) is 10.2 Å². The quantitative estimate of drug-likeness (QED) is 0.569. The minimum absolute atomic E-state index is 0.127. The van der Waals surface area contributed by atoms with Crippen LogP contribution >= 0.6 is 11.3 Å². The lowest BCUT2D eigenvalue weighted by Crippen LogP contribution is -2.43. The largest absolute Gasteiger partial charge is 0.482 e. The van der Waals surface area contributed by atoms with Gasteiger partial charge in [0.1, 0.15) is 12.3 Å². The van der Waals surface area contributed by atoms with Gasteiger partial charge in [0.05, 0.1) is 22.2 Å². The summed E-state index contributed by atoms with van der Waals surface area (Å²) in [5.41, 5.74) is 2.60. The normalized spacial score (nSPS) is 14.1. The van der Waals surface area contributed by atoms with E-state index in [0.717, 1.165) is 23.2 Å². The number of benzene rings is 2. The Labute approximate surface area is 195 Å². The van der Waals surface area contributed by atoms with Gasteiger partial charge in [0, 0.05) is 5.69 Å². The summed E-state index contributed by atoms with van der Waals surface area (Å²) in [5.74, 6) is -0.0961. The van der Waals surface area contributed by atoms with Gasteiger partial charge in [-0.05, 0) is 41.3 Å². The number of carbonyl (C=O) groups excluding carboxylic acids is 2. The van der Waals surface area contributed by atoms with Gasteiger partial charge in [-0.2, -0.15) is 0 Å². The summed E-state index contributed by atoms with van der Waals surface area (Å²) in [7, 11) is -3.43. The number of hydrogen-bond donors (Lipinski definition) is 2. The monoisotopic (exact) mass is 488 g/mol. The predicted molar refractivity (Wildman–Crippen MR) is 130 cm³/mol. The van der Waals surface area contributed by atoms with Gasteiger partial charge >= 0.3 is 0 Å². The molecule has 1 aliphatic heterocycles. The van der Waals surface area contributed by atoms with Crippen LogP contribution in [0.3, 0.4) is 0 Å². The topological polar surface area (TPSA) is 118 Å². The van der Waals surface area contributed by atoms with E-state index in [1.54, 1.807) is 18.2 Å². The lowest BCUT2D eigenvalue weighted by molar-refractivity contribution is -0.123. The van der Waals surface area contributed by atoms with Crippen molar-refractivity contribution >= 4 is 59.9 Å². The third-order valence-electron chi connectivity index (χ3n) is 5.01. The first-order valence-electron chi connectivity index (χ1n) is 10.1. The van der Waals surface area contributed by atoms with E-state index < -0.39 is 10.0 Å². The number of rotatable bonds is 5. The first-order valence-corrected chi connectivity index (χ1v) is 12.9. The van der Waals surface area contributed by atoms with Crippen molar-refractivity contribution in [2.24, 2.45) is 0 Å². The molecule has 2 amide bonds. The molecule has 33 heavy (non-hydrogen) atoms. The highest BCUT2D eigenvalue weighted by atomic mass is 32.2. The molecule has 9 nitrogen and oxygen atoms in total. The lowest BCUT2D eigenvalue weighted by Gasteiger charge is -2.31. The van der Waals surface area contributed by atoms with Crippen molar-refractivity contribution in [1.82, 2.24) is 4.98 Å². The molecule has 0 radical (unpaired) electrons. The highest BCUT2D eigenvalue weighted by molar-refractivity contribution is 7.92. The van der Waals surface area contributed by atoms with Crippen molar-refractivity contribution in [2.75, 3.05) is 34.3 Å². The van der Waals surface area contributed by atoms with Crippen LogP contribution in [0, 0.1) is 0 Å². The molecule has 174 valence electrons. The average molecular weight is 489 g/mol. The summed E-state index contributed by atoms with van der Waals surface area (Å²) in [6.45, 7) is 5.93. The van der Waals surface area contributed by atoms with Gasteiger partial charge in [-0.3, -0.25) is 19.2 Å². The second kappa shape index (κ2) is 8.31. The van der Waals surface area contributed by atoms with Gasteiger partial charge in [0.25, 0.3) is 5.91 Å². The van der Waals surface area contributed by atoms with Crippen molar-refractivity contribution in [1.29, 1.82) is 0 Å². The minimum atomic E-state index is -3.43. The zero-order chi connectivity index (χ0) is 24.0. The number of amides is 2. The standard InChI is InChI=1S/C22H24N4O5S2/c1-22(2,3)13-5-8-17-16(9-13)26(20(28)12-31-17)11-19(27)23-14-6-7-15-18(10-14)32-21(24-15)25-33(4,29)30/h5-10H,11-12H2,1-4H3,(H,23,27)(H,24,25). The fourth-order valence-electron chi connectivity index (χ4n) is 3.39. The van der Waals surface area contributed by atoms with E-state index in [1.807, 2.05) is 18.2 Å². The summed E-state index contributed by atoms with van der Waals surface area (Å²) in [6.07, 6.45) is 1.06. The third-order valence-corrected chi connectivity index (χ3v) is 6.64. The molecule has 0 bridgehead atoms. The number of hydrogen-bond acceptors (Lipinski definition) is 7. The Balaban J connectivity index is 1.53. The molecule has 2 heterocycles. The van der Waals surface area contributed by atoms with E-state index >= 15 is 0 Å². The van der Waals surface area contributed by atoms with Crippen molar-refractivity contribution in [3.05, 3.63) is 42.0 Å². The van der Waals surface area contributed by atoms with Gasteiger partial charge in [-0.1, -0.05) is 38.2 Å². The van der Waals surface area contributed by atoms with Gasteiger partial charge in [-0.15, -0.1) is 0 Å². The fourth-order valence-corrected chi connectivity index (χ4v) is 5.13. The number of fused-ring (bicyclic) bond motifs is 2. The van der Waals surface area contributed by atoms with E-state index in [-0.39, 0.29) is 35.5 Å². The van der Waals surface area contributed by atoms with Gasteiger partial charge in [-0.25, -0.2) is 13.4 Å². The van der Waals surface area contributed by atoms with Gasteiger partial charge in [0.2, 0.25) is 15.9 Å². The van der Waals surface area contributed by atoms with Crippen molar-refractivity contribution in [3.8, 4) is 5.75 Å². The number of nitrogens with one attached hydrogen (secondary N) is 2. The Bertz CT molecular complexity index is 1360. The summed E-state index contributed by atoms with van der Waals surface area (Å²) in [6, 6.07) is 10.8. The highest BCUT2D eigenvalue weighted by Gasteiger charge is 2.29. The molecular formula is C22H24N4O5S2. The third kappa shape index (κ3) is 5.25. The molecule has 11 heteroatoms. The summed E-state index contributed by atoms with van der Waals surface area (Å²) in [5, 5.41) is 3.05. The second-order valence-electron chi connectivity index (χ2n) is 8.82. The first kappa shape index (κ1) is 23.0. The average Bonchev–Trinajstić information content (AvgIpc) is 3.08. The number of aromatic nitrogens is 1. The van der Waals surface area contributed by atoms with E-state index in [9.17, 15) is 18.0 Å². The Morgan fingerprint density at radius 1 is 1.21 bits per heavy atom. The van der Waals surface area contributed by atoms with E-state index in [2.05, 4.69) is 35.8 Å². The molecule has 1 aromatic heterocycles. The molecule has 0 saturated heterocycles. The molecule has 0 aliphatic carbocycles. The van der Waals surface area contributed by atoms with Gasteiger partial charge < -0.3 is 10.1 Å². The van der Waals surface area contributed by atoms with Crippen LogP contribution in [0.4, 0.5) is 16.5 Å². The van der Waals surface area contributed by atoms with Crippen LogP contribution in [0.1, 0.15) is 26.3 Å². The molecule has 1 aliphatic rings. The molecule has 0 saturated carbocycles. The number of anilines is 3. The molecule has 0 atom stereocenters. The van der Waals surface area contributed by atoms with Crippen LogP contribution in [-0.2, 0) is 25.0 Å². The summed E-state index contributed by atoms with van der Waals surface area (Å²) in [4.78, 5) is 31.0. The van der Waals surface area contributed by atoms with E-state index in [1.165, 1.54) is 4.90 Å². The molecule has 0 unspecified atom stereocenters. The molecule has 0 spiro atoms. The van der Waals surface area contributed by atoms with Gasteiger partial charge in [0.15, 0.2) is 11.7 Å². The Hall–Kier alpha value is -3.18. The van der Waals surface area contributed by atoms with Crippen LogP contribution < -0.4 is 19.7 Å². The van der Waals surface area contributed by atoms with Crippen molar-refractivity contribution in [3.63, 3.8) is 0 Å². The van der Waals surface area contributed by atoms with Crippen LogP contribution in [0.15, 0.2) is 36.4 Å². The number of sulfonamides is 1. The van der Waals surface area contributed by atoms with Crippen LogP contribution in [0.5, 0.6) is 5.75 Å². The van der Waals surface area contributed by atoms with Crippen LogP contribution in [-0.4, -0.2) is 44.6 Å². The molecule has 2 N–H and O–H groups in total. The second-order valence-corrected chi connectivity index (χ2v) is 11.6. The van der Waals surface area contributed by atoms with Crippen LogP contribution in [0.2, 0.25) is 0 Å². The van der Waals surface area contributed by atoms with E-state index in [4.69, 9.17) is 4.74 Å². The highest BCUT2D eigenvalue weighted by Crippen LogP contribution is 2.36. The molecule has 3 aromatic rings. The molecular weight excluding hydrogens is 464 g/mol. The maximum atomic E-state index is 12.8. The Kier molecular flexibility index (Phi) is 5.79. The van der Waals surface area contributed by atoms with Crippen molar-refractivity contribution in [2.45, 2.75) is 26.2 Å². The number of carbonyl (C=O) groups is 2. The van der Waals surface area contributed by atoms with Crippen molar-refractivity contribution < 1.29 is 22.7 Å². The molecule has 2 aromatic carbocycles. The molecule has 0 fully saturated rings. The number of nitrogens with zero attached hydrogens (tertiary/aromatic N) is 2. The lowest BCUT2D eigenvalue weighted by atomic mass is 9.86. The zero-order valence-electron chi connectivity index (χ0n) is 18.6. The smallest absolute Gasteiger partial charge is 0.265 e. The number of ether oxygens (including phenoxy) is 1. The summed E-state index contributed by atoms with van der Waals surface area (Å²) < 4.78 is 31.5. The number of thiazole rings is 1. The minimum Gasteiger partial charge on any atom is -0.482 e. The Morgan fingerprint density at radius 3 is 2.67 bits per heavy atom. The Morgan fingerprint density at radius 2 is 1.97 bits per heavy atom. The fraction of sp³-hybridized carbons (Fsp3) is 0.318. The zero-order valence-corrected chi connectivity index (χ0v) is 20.3. The summed E-state index contributed by atoms with van der Waals surface area (Å²) >= 11 is 1.16.